The average molecular weight is 361 g/mol. The molecule has 126 valence electrons. The molecule has 1 N–H and O–H groups in total. The van der Waals surface area contributed by atoms with Gasteiger partial charge in [0.05, 0.1) is 5.75 Å². The van der Waals surface area contributed by atoms with Crippen LogP contribution in [0.3, 0.4) is 0 Å². The average Bonchev–Trinajstić information content (AvgIpc) is 2.63. The molecule has 0 saturated carbocycles. The second-order valence-corrected chi connectivity index (χ2v) is 6.99. The number of thioether (sulfide) groups is 2. The molecule has 0 unspecified atom stereocenters. The molecule has 0 heterocycles. The molecule has 0 aliphatic heterocycles. The van der Waals surface area contributed by atoms with Gasteiger partial charge in [0.25, 0.3) is 5.91 Å². The van der Waals surface area contributed by atoms with E-state index in [1.54, 1.807) is 11.8 Å². The van der Waals surface area contributed by atoms with Crippen molar-refractivity contribution < 1.29 is 14.3 Å². The number of rotatable bonds is 9. The van der Waals surface area contributed by atoms with Gasteiger partial charge in [-0.1, -0.05) is 36.4 Å². The van der Waals surface area contributed by atoms with Crippen molar-refractivity contribution in [3.63, 3.8) is 0 Å². The first-order valence-electron chi connectivity index (χ1n) is 7.52. The van der Waals surface area contributed by atoms with E-state index in [4.69, 9.17) is 4.74 Å². The van der Waals surface area contributed by atoms with Gasteiger partial charge in [0.1, 0.15) is 0 Å². The van der Waals surface area contributed by atoms with Crippen LogP contribution in [0.15, 0.2) is 70.5 Å². The predicted octanol–water partition coefficient (Wildman–Crippen LogP) is 3.23. The van der Waals surface area contributed by atoms with Crippen molar-refractivity contribution in [1.29, 1.82) is 0 Å². The Labute approximate surface area is 150 Å². The molecular weight excluding hydrogens is 342 g/mol. The quantitative estimate of drug-likeness (QED) is 0.422. The van der Waals surface area contributed by atoms with Crippen LogP contribution in [0.5, 0.6) is 0 Å². The molecule has 1 amide bonds. The summed E-state index contributed by atoms with van der Waals surface area (Å²) in [5.41, 5.74) is 0. The number of benzene rings is 2. The largest absolute Gasteiger partial charge is 0.455 e. The van der Waals surface area contributed by atoms with E-state index in [-0.39, 0.29) is 18.3 Å². The Morgan fingerprint density at radius 1 is 0.875 bits per heavy atom. The molecule has 0 aliphatic rings. The third kappa shape index (κ3) is 7.57. The molecule has 24 heavy (non-hydrogen) atoms. The lowest BCUT2D eigenvalue weighted by Crippen LogP contribution is -2.30. The van der Waals surface area contributed by atoms with Crippen molar-refractivity contribution in [3.8, 4) is 0 Å². The summed E-state index contributed by atoms with van der Waals surface area (Å²) in [4.78, 5) is 25.4. The summed E-state index contributed by atoms with van der Waals surface area (Å²) in [5, 5.41) is 2.74. The summed E-state index contributed by atoms with van der Waals surface area (Å²) >= 11 is 3.06. The van der Waals surface area contributed by atoms with Crippen molar-refractivity contribution in [1.82, 2.24) is 5.32 Å². The SMILES string of the molecule is O=C(COC(=O)CSc1ccccc1)NCCSc1ccccc1. The molecular formula is C18H19NO3S2. The van der Waals surface area contributed by atoms with Gasteiger partial charge < -0.3 is 10.1 Å². The van der Waals surface area contributed by atoms with E-state index in [9.17, 15) is 9.59 Å². The number of ether oxygens (including phenoxy) is 1. The molecule has 0 bridgehead atoms. The van der Waals surface area contributed by atoms with E-state index in [1.165, 1.54) is 11.8 Å². The Balaban J connectivity index is 1.53. The summed E-state index contributed by atoms with van der Waals surface area (Å²) in [6.45, 7) is 0.304. The first-order chi connectivity index (χ1) is 11.7. The summed E-state index contributed by atoms with van der Waals surface area (Å²) in [7, 11) is 0. The second-order valence-electron chi connectivity index (χ2n) is 4.77. The monoisotopic (exact) mass is 361 g/mol. The van der Waals surface area contributed by atoms with Gasteiger partial charge >= 0.3 is 5.97 Å². The Bertz CT molecular complexity index is 635. The van der Waals surface area contributed by atoms with Crippen LogP contribution >= 0.6 is 23.5 Å². The highest BCUT2D eigenvalue weighted by molar-refractivity contribution is 8.00. The van der Waals surface area contributed by atoms with E-state index >= 15 is 0 Å². The molecule has 2 aromatic rings. The van der Waals surface area contributed by atoms with Crippen LogP contribution < -0.4 is 5.32 Å². The van der Waals surface area contributed by atoms with Crippen LogP contribution in [-0.2, 0) is 14.3 Å². The fraction of sp³-hybridized carbons (Fsp3) is 0.222. The number of hydrogen-bond acceptors (Lipinski definition) is 5. The molecule has 0 atom stereocenters. The molecule has 0 aromatic heterocycles. The summed E-state index contributed by atoms with van der Waals surface area (Å²) in [6, 6.07) is 19.6. The summed E-state index contributed by atoms with van der Waals surface area (Å²) in [6.07, 6.45) is 0. The number of carbonyl (C=O) groups is 2. The number of carbonyl (C=O) groups excluding carboxylic acids is 2. The Morgan fingerprint density at radius 2 is 1.46 bits per heavy atom. The zero-order chi connectivity index (χ0) is 17.0. The van der Waals surface area contributed by atoms with Crippen molar-refractivity contribution in [2.75, 3.05) is 24.7 Å². The number of nitrogens with one attached hydrogen (secondary N) is 1. The standard InChI is InChI=1S/C18H19NO3S2/c20-17(19-11-12-23-15-7-3-1-4-8-15)13-22-18(21)14-24-16-9-5-2-6-10-16/h1-10H,11-14H2,(H,19,20). The first-order valence-corrected chi connectivity index (χ1v) is 9.49. The molecule has 0 saturated heterocycles. The van der Waals surface area contributed by atoms with Crippen molar-refractivity contribution in [3.05, 3.63) is 60.7 Å². The number of hydrogen-bond donors (Lipinski definition) is 1. The normalized spacial score (nSPS) is 10.2. The fourth-order valence-corrected chi connectivity index (χ4v) is 3.28. The minimum Gasteiger partial charge on any atom is -0.455 e. The van der Waals surface area contributed by atoms with Gasteiger partial charge in [-0.05, 0) is 24.3 Å². The third-order valence-corrected chi connectivity index (χ3v) is 4.90. The van der Waals surface area contributed by atoms with Gasteiger partial charge in [-0.15, -0.1) is 23.5 Å². The lowest BCUT2D eigenvalue weighted by atomic mass is 10.4. The molecule has 0 spiro atoms. The number of amides is 1. The maximum atomic E-state index is 11.6. The van der Waals surface area contributed by atoms with Gasteiger partial charge in [0.15, 0.2) is 6.61 Å². The molecule has 2 rings (SSSR count). The van der Waals surface area contributed by atoms with E-state index in [0.29, 0.717) is 6.54 Å². The Morgan fingerprint density at radius 3 is 2.08 bits per heavy atom. The second kappa shape index (κ2) is 10.8. The lowest BCUT2D eigenvalue weighted by Gasteiger charge is -2.06. The van der Waals surface area contributed by atoms with E-state index in [1.807, 2.05) is 60.7 Å². The minimum atomic E-state index is -0.391. The minimum absolute atomic E-state index is 0.196. The molecule has 0 radical (unpaired) electrons. The van der Waals surface area contributed by atoms with Gasteiger partial charge in [0.2, 0.25) is 0 Å². The van der Waals surface area contributed by atoms with Gasteiger partial charge in [-0.2, -0.15) is 0 Å². The van der Waals surface area contributed by atoms with Crippen molar-refractivity contribution >= 4 is 35.4 Å². The maximum absolute atomic E-state index is 11.6. The van der Waals surface area contributed by atoms with Gasteiger partial charge in [-0.3, -0.25) is 9.59 Å². The van der Waals surface area contributed by atoms with Gasteiger partial charge in [0, 0.05) is 22.1 Å². The van der Waals surface area contributed by atoms with E-state index < -0.39 is 5.97 Å². The Hall–Kier alpha value is -1.92. The lowest BCUT2D eigenvalue weighted by molar-refractivity contribution is -0.145. The zero-order valence-electron chi connectivity index (χ0n) is 13.1. The van der Waals surface area contributed by atoms with Crippen molar-refractivity contribution in [2.45, 2.75) is 9.79 Å². The van der Waals surface area contributed by atoms with Crippen LogP contribution in [0.4, 0.5) is 0 Å². The molecule has 0 fully saturated rings. The van der Waals surface area contributed by atoms with E-state index in [0.717, 1.165) is 15.5 Å². The number of esters is 1. The summed E-state index contributed by atoms with van der Waals surface area (Å²) < 4.78 is 4.96. The van der Waals surface area contributed by atoms with Crippen LogP contribution in [0, 0.1) is 0 Å². The highest BCUT2D eigenvalue weighted by Gasteiger charge is 2.08. The van der Waals surface area contributed by atoms with E-state index in [2.05, 4.69) is 5.32 Å². The van der Waals surface area contributed by atoms with Crippen LogP contribution in [0.1, 0.15) is 0 Å². The summed E-state index contributed by atoms with van der Waals surface area (Å²) in [5.74, 6) is 0.300. The van der Waals surface area contributed by atoms with Gasteiger partial charge in [-0.25, -0.2) is 0 Å². The Kier molecular flexibility index (Phi) is 8.27. The molecule has 6 heteroatoms. The highest BCUT2D eigenvalue weighted by atomic mass is 32.2. The third-order valence-electron chi connectivity index (χ3n) is 2.90. The predicted molar refractivity (Wildman–Crippen MR) is 98.3 cm³/mol. The van der Waals surface area contributed by atoms with Crippen LogP contribution in [-0.4, -0.2) is 36.5 Å². The van der Waals surface area contributed by atoms with Crippen LogP contribution in [0.2, 0.25) is 0 Å². The highest BCUT2D eigenvalue weighted by Crippen LogP contribution is 2.17. The maximum Gasteiger partial charge on any atom is 0.316 e. The molecule has 0 aliphatic carbocycles. The topological polar surface area (TPSA) is 55.4 Å². The first kappa shape index (κ1) is 18.4. The molecule has 4 nitrogen and oxygen atoms in total. The smallest absolute Gasteiger partial charge is 0.316 e. The fourth-order valence-electron chi connectivity index (χ4n) is 1.77. The van der Waals surface area contributed by atoms with Crippen LogP contribution in [0.25, 0.3) is 0 Å². The van der Waals surface area contributed by atoms with Crippen molar-refractivity contribution in [2.24, 2.45) is 0 Å². The molecule has 2 aromatic carbocycles. The zero-order valence-corrected chi connectivity index (χ0v) is 14.8.